The average molecular weight is 333 g/mol. The zero-order valence-electron chi connectivity index (χ0n) is 13.3. The predicted octanol–water partition coefficient (Wildman–Crippen LogP) is 2.79. The van der Waals surface area contributed by atoms with Crippen molar-refractivity contribution < 1.29 is 9.32 Å². The number of amides is 1. The van der Waals surface area contributed by atoms with Gasteiger partial charge >= 0.3 is 0 Å². The molecule has 0 aliphatic rings. The Morgan fingerprint density at radius 3 is 2.76 bits per heavy atom. The van der Waals surface area contributed by atoms with Crippen LogP contribution in [-0.4, -0.2) is 25.7 Å². The van der Waals surface area contributed by atoms with E-state index >= 15 is 0 Å². The quantitative estimate of drug-likeness (QED) is 0.607. The van der Waals surface area contributed by atoms with Crippen molar-refractivity contribution in [1.29, 1.82) is 0 Å². The number of rotatable bonds is 5. The van der Waals surface area contributed by atoms with Crippen molar-refractivity contribution >= 4 is 16.9 Å². The minimum atomic E-state index is -0.150. The number of hydrogen-bond acceptors (Lipinski definition) is 5. The molecule has 124 valence electrons. The van der Waals surface area contributed by atoms with Gasteiger partial charge in [-0.2, -0.15) is 4.98 Å². The highest BCUT2D eigenvalue weighted by molar-refractivity contribution is 5.86. The van der Waals surface area contributed by atoms with Crippen LogP contribution in [0.25, 0.3) is 22.4 Å². The Kier molecular flexibility index (Phi) is 3.96. The fourth-order valence-corrected chi connectivity index (χ4v) is 2.52. The van der Waals surface area contributed by atoms with Gasteiger partial charge in [0.05, 0.1) is 11.0 Å². The standard InChI is InChI=1S/C18H15N5O2/c24-16(21-23-12-19-14-8-4-5-9-15(14)23)10-11-17-20-18(22-25-17)13-6-2-1-3-7-13/h1-9,12H,10-11H2,(H,21,24). The van der Waals surface area contributed by atoms with Crippen molar-refractivity contribution in [3.8, 4) is 11.4 Å². The number of benzene rings is 2. The second-order valence-corrected chi connectivity index (χ2v) is 5.52. The third-order valence-corrected chi connectivity index (χ3v) is 3.76. The molecule has 2 aromatic heterocycles. The topological polar surface area (TPSA) is 85.8 Å². The van der Waals surface area contributed by atoms with Crippen LogP contribution in [0.4, 0.5) is 0 Å². The molecule has 0 aliphatic heterocycles. The molecule has 4 rings (SSSR count). The van der Waals surface area contributed by atoms with Gasteiger partial charge in [-0.05, 0) is 12.1 Å². The Bertz CT molecular complexity index is 1010. The van der Waals surface area contributed by atoms with E-state index in [1.165, 1.54) is 0 Å². The van der Waals surface area contributed by atoms with Gasteiger partial charge < -0.3 is 4.52 Å². The van der Waals surface area contributed by atoms with Gasteiger partial charge in [-0.15, -0.1) is 0 Å². The van der Waals surface area contributed by atoms with E-state index in [1.807, 2.05) is 54.6 Å². The molecule has 7 nitrogen and oxygen atoms in total. The van der Waals surface area contributed by atoms with Crippen LogP contribution in [0.15, 0.2) is 65.4 Å². The summed E-state index contributed by atoms with van der Waals surface area (Å²) in [7, 11) is 0. The van der Waals surface area contributed by atoms with Gasteiger partial charge in [-0.1, -0.05) is 47.6 Å². The van der Waals surface area contributed by atoms with Crippen LogP contribution in [0, 0.1) is 0 Å². The number of hydrogen-bond donors (Lipinski definition) is 1. The lowest BCUT2D eigenvalue weighted by Gasteiger charge is -2.05. The first kappa shape index (κ1) is 15.1. The minimum absolute atomic E-state index is 0.150. The molecule has 0 unspecified atom stereocenters. The van der Waals surface area contributed by atoms with Crippen LogP contribution in [0.1, 0.15) is 12.3 Å². The van der Waals surface area contributed by atoms with E-state index in [4.69, 9.17) is 4.52 Å². The molecular weight excluding hydrogens is 318 g/mol. The molecule has 0 bridgehead atoms. The molecule has 2 aromatic carbocycles. The van der Waals surface area contributed by atoms with E-state index in [2.05, 4.69) is 20.6 Å². The SMILES string of the molecule is O=C(CCc1nc(-c2ccccc2)no1)Nn1cnc2ccccc21. The summed E-state index contributed by atoms with van der Waals surface area (Å²) in [5.41, 5.74) is 5.35. The first-order valence-corrected chi connectivity index (χ1v) is 7.89. The van der Waals surface area contributed by atoms with Crippen LogP contribution in [-0.2, 0) is 11.2 Å². The smallest absolute Gasteiger partial charge is 0.239 e. The van der Waals surface area contributed by atoms with E-state index in [9.17, 15) is 4.79 Å². The van der Waals surface area contributed by atoms with Gasteiger partial charge in [0.2, 0.25) is 17.6 Å². The Hall–Kier alpha value is -3.48. The van der Waals surface area contributed by atoms with E-state index in [-0.39, 0.29) is 12.3 Å². The number of aryl methyl sites for hydroxylation is 1. The molecule has 1 N–H and O–H groups in total. The molecule has 0 aliphatic carbocycles. The highest BCUT2D eigenvalue weighted by atomic mass is 16.5. The van der Waals surface area contributed by atoms with E-state index in [0.29, 0.717) is 18.1 Å². The fraction of sp³-hybridized carbons (Fsp3) is 0.111. The maximum atomic E-state index is 12.2. The summed E-state index contributed by atoms with van der Waals surface area (Å²) in [6, 6.07) is 17.2. The summed E-state index contributed by atoms with van der Waals surface area (Å²) in [5, 5.41) is 3.95. The molecule has 0 saturated heterocycles. The zero-order valence-corrected chi connectivity index (χ0v) is 13.3. The fourth-order valence-electron chi connectivity index (χ4n) is 2.52. The van der Waals surface area contributed by atoms with Gasteiger partial charge in [0.25, 0.3) is 0 Å². The van der Waals surface area contributed by atoms with E-state index < -0.39 is 0 Å². The van der Waals surface area contributed by atoms with Gasteiger partial charge in [0.15, 0.2) is 0 Å². The summed E-state index contributed by atoms with van der Waals surface area (Å²) in [5.74, 6) is 0.809. The van der Waals surface area contributed by atoms with Gasteiger partial charge in [0, 0.05) is 18.4 Å². The lowest BCUT2D eigenvalue weighted by atomic mass is 10.2. The van der Waals surface area contributed by atoms with Crippen LogP contribution >= 0.6 is 0 Å². The largest absolute Gasteiger partial charge is 0.339 e. The number of nitrogens with zero attached hydrogens (tertiary/aromatic N) is 4. The third kappa shape index (κ3) is 3.25. The number of aromatic nitrogens is 4. The number of carbonyl (C=O) groups excluding carboxylic acids is 1. The summed E-state index contributed by atoms with van der Waals surface area (Å²) >= 11 is 0. The molecule has 0 radical (unpaired) electrons. The van der Waals surface area contributed by atoms with E-state index in [0.717, 1.165) is 16.6 Å². The Labute approximate surface area is 143 Å². The van der Waals surface area contributed by atoms with Crippen molar-refractivity contribution in [2.45, 2.75) is 12.8 Å². The lowest BCUT2D eigenvalue weighted by Crippen LogP contribution is -2.22. The molecule has 0 saturated carbocycles. The number of imidazole rings is 1. The van der Waals surface area contributed by atoms with Crippen LogP contribution in [0.2, 0.25) is 0 Å². The Morgan fingerprint density at radius 1 is 1.08 bits per heavy atom. The Morgan fingerprint density at radius 2 is 1.88 bits per heavy atom. The highest BCUT2D eigenvalue weighted by Gasteiger charge is 2.11. The maximum absolute atomic E-state index is 12.2. The molecule has 1 amide bonds. The van der Waals surface area contributed by atoms with Gasteiger partial charge in [-0.3, -0.25) is 10.2 Å². The summed E-state index contributed by atoms with van der Waals surface area (Å²) < 4.78 is 6.83. The van der Waals surface area contributed by atoms with Crippen molar-refractivity contribution in [3.63, 3.8) is 0 Å². The number of nitrogens with one attached hydrogen (secondary N) is 1. The van der Waals surface area contributed by atoms with Crippen molar-refractivity contribution in [1.82, 2.24) is 19.8 Å². The van der Waals surface area contributed by atoms with Crippen LogP contribution in [0.5, 0.6) is 0 Å². The zero-order chi connectivity index (χ0) is 17.1. The predicted molar refractivity (Wildman–Crippen MR) is 92.2 cm³/mol. The molecule has 2 heterocycles. The number of fused-ring (bicyclic) bond motifs is 1. The molecule has 0 atom stereocenters. The molecule has 7 heteroatoms. The monoisotopic (exact) mass is 333 g/mol. The minimum Gasteiger partial charge on any atom is -0.339 e. The maximum Gasteiger partial charge on any atom is 0.239 e. The lowest BCUT2D eigenvalue weighted by molar-refractivity contribution is -0.117. The third-order valence-electron chi connectivity index (χ3n) is 3.76. The summed E-state index contributed by atoms with van der Waals surface area (Å²) in [6.07, 6.45) is 2.20. The second kappa shape index (κ2) is 6.56. The molecule has 0 fully saturated rings. The first-order chi connectivity index (χ1) is 12.3. The van der Waals surface area contributed by atoms with Gasteiger partial charge in [0.1, 0.15) is 6.33 Å². The number of para-hydroxylation sites is 2. The highest BCUT2D eigenvalue weighted by Crippen LogP contribution is 2.15. The first-order valence-electron chi connectivity index (χ1n) is 7.89. The summed E-state index contributed by atoms with van der Waals surface area (Å²) in [6.45, 7) is 0. The van der Waals surface area contributed by atoms with Gasteiger partial charge in [-0.25, -0.2) is 9.66 Å². The number of carbonyl (C=O) groups is 1. The molecule has 0 spiro atoms. The molecule has 4 aromatic rings. The summed E-state index contributed by atoms with van der Waals surface area (Å²) in [4.78, 5) is 20.7. The van der Waals surface area contributed by atoms with E-state index in [1.54, 1.807) is 11.0 Å². The van der Waals surface area contributed by atoms with Crippen LogP contribution in [0.3, 0.4) is 0 Å². The Balaban J connectivity index is 1.38. The van der Waals surface area contributed by atoms with Crippen molar-refractivity contribution in [2.24, 2.45) is 0 Å². The van der Waals surface area contributed by atoms with Crippen molar-refractivity contribution in [3.05, 3.63) is 66.8 Å². The average Bonchev–Trinajstić information content (AvgIpc) is 3.28. The van der Waals surface area contributed by atoms with Crippen LogP contribution < -0.4 is 5.43 Å². The second-order valence-electron chi connectivity index (χ2n) is 5.52. The molecule has 25 heavy (non-hydrogen) atoms. The van der Waals surface area contributed by atoms with Crippen molar-refractivity contribution in [2.75, 3.05) is 5.43 Å². The normalized spacial score (nSPS) is 10.9. The molecular formula is C18H15N5O2.